The van der Waals surface area contributed by atoms with Crippen LogP contribution in [0.5, 0.6) is 5.75 Å². The van der Waals surface area contributed by atoms with Gasteiger partial charge in [-0.05, 0) is 61.7 Å². The largest absolute Gasteiger partial charge is 0.483 e. The van der Waals surface area contributed by atoms with E-state index in [0.29, 0.717) is 16.5 Å². The van der Waals surface area contributed by atoms with Crippen molar-refractivity contribution in [3.8, 4) is 11.9 Å². The highest BCUT2D eigenvalue weighted by molar-refractivity contribution is 6.30. The van der Waals surface area contributed by atoms with Gasteiger partial charge in [0.1, 0.15) is 5.75 Å². The fourth-order valence-corrected chi connectivity index (χ4v) is 2.43. The van der Waals surface area contributed by atoms with Crippen molar-refractivity contribution in [2.45, 2.75) is 20.8 Å². The molecule has 0 saturated carbocycles. The standard InChI is InChI=1S/C18H17ClN2O2/c1-12-5-4-6-16(14(12)3)21(11-20)18(22)10-23-17-8-7-15(19)9-13(17)2/h4-9H,10H2,1-3H3. The van der Waals surface area contributed by atoms with E-state index in [4.69, 9.17) is 16.3 Å². The van der Waals surface area contributed by atoms with Gasteiger partial charge in [0.05, 0.1) is 5.69 Å². The van der Waals surface area contributed by atoms with Crippen molar-refractivity contribution >= 4 is 23.2 Å². The molecule has 0 spiro atoms. The number of anilines is 1. The molecular weight excluding hydrogens is 312 g/mol. The molecule has 0 aliphatic heterocycles. The molecule has 2 aromatic rings. The molecule has 0 saturated heterocycles. The summed E-state index contributed by atoms with van der Waals surface area (Å²) in [5, 5.41) is 9.94. The second-order valence-corrected chi connectivity index (χ2v) is 5.68. The van der Waals surface area contributed by atoms with Crippen LogP contribution in [0.25, 0.3) is 0 Å². The van der Waals surface area contributed by atoms with Gasteiger partial charge in [0.25, 0.3) is 5.91 Å². The number of carbonyl (C=O) groups is 1. The third-order valence-electron chi connectivity index (χ3n) is 3.65. The van der Waals surface area contributed by atoms with Gasteiger partial charge in [0.2, 0.25) is 0 Å². The molecule has 118 valence electrons. The van der Waals surface area contributed by atoms with Gasteiger partial charge in [-0.3, -0.25) is 4.79 Å². The lowest BCUT2D eigenvalue weighted by molar-refractivity contribution is -0.119. The zero-order valence-electron chi connectivity index (χ0n) is 13.3. The number of hydrogen-bond donors (Lipinski definition) is 0. The van der Waals surface area contributed by atoms with Gasteiger partial charge in [0, 0.05) is 5.02 Å². The molecule has 4 nitrogen and oxygen atoms in total. The van der Waals surface area contributed by atoms with Crippen LogP contribution in [0.4, 0.5) is 5.69 Å². The van der Waals surface area contributed by atoms with Crippen molar-refractivity contribution in [1.29, 1.82) is 5.26 Å². The van der Waals surface area contributed by atoms with Gasteiger partial charge in [0.15, 0.2) is 12.8 Å². The lowest BCUT2D eigenvalue weighted by Crippen LogP contribution is -2.31. The molecule has 0 N–H and O–H groups in total. The topological polar surface area (TPSA) is 53.3 Å². The molecule has 0 aliphatic carbocycles. The van der Waals surface area contributed by atoms with Gasteiger partial charge in [-0.2, -0.15) is 5.26 Å². The average Bonchev–Trinajstić information content (AvgIpc) is 2.51. The van der Waals surface area contributed by atoms with Crippen molar-refractivity contribution in [3.63, 3.8) is 0 Å². The number of nitrogens with zero attached hydrogens (tertiary/aromatic N) is 2. The zero-order chi connectivity index (χ0) is 17.0. The predicted molar refractivity (Wildman–Crippen MR) is 90.7 cm³/mol. The number of hydrogen-bond acceptors (Lipinski definition) is 3. The van der Waals surface area contributed by atoms with Gasteiger partial charge in [-0.25, -0.2) is 4.90 Å². The summed E-state index contributed by atoms with van der Waals surface area (Å²) in [6.07, 6.45) is 1.93. The van der Waals surface area contributed by atoms with Crippen molar-refractivity contribution in [3.05, 3.63) is 58.1 Å². The Morgan fingerprint density at radius 3 is 2.61 bits per heavy atom. The number of rotatable bonds is 4. The molecular formula is C18H17ClN2O2. The molecule has 1 amide bonds. The monoisotopic (exact) mass is 328 g/mol. The van der Waals surface area contributed by atoms with Crippen LogP contribution in [0.3, 0.4) is 0 Å². The van der Waals surface area contributed by atoms with E-state index in [1.54, 1.807) is 24.3 Å². The van der Waals surface area contributed by atoms with Crippen LogP contribution in [0.1, 0.15) is 16.7 Å². The Morgan fingerprint density at radius 2 is 1.96 bits per heavy atom. The summed E-state index contributed by atoms with van der Waals surface area (Å²) in [5.41, 5.74) is 3.32. The molecule has 23 heavy (non-hydrogen) atoms. The molecule has 0 fully saturated rings. The minimum Gasteiger partial charge on any atom is -0.483 e. The number of nitriles is 1. The second-order valence-electron chi connectivity index (χ2n) is 5.25. The number of aryl methyl sites for hydroxylation is 2. The fraction of sp³-hybridized carbons (Fsp3) is 0.222. The Kier molecular flexibility index (Phi) is 5.25. The first-order valence-electron chi connectivity index (χ1n) is 7.12. The van der Waals surface area contributed by atoms with Gasteiger partial charge in [-0.1, -0.05) is 23.7 Å². The van der Waals surface area contributed by atoms with E-state index in [1.165, 1.54) is 0 Å². The molecule has 2 rings (SSSR count). The van der Waals surface area contributed by atoms with Gasteiger partial charge < -0.3 is 4.74 Å². The molecule has 0 radical (unpaired) electrons. The maximum absolute atomic E-state index is 12.3. The SMILES string of the molecule is Cc1cc(Cl)ccc1OCC(=O)N(C#N)c1cccc(C)c1C. The Hall–Kier alpha value is -2.51. The van der Waals surface area contributed by atoms with Crippen LogP contribution in [0, 0.1) is 32.2 Å². The highest BCUT2D eigenvalue weighted by Crippen LogP contribution is 2.24. The van der Waals surface area contributed by atoms with Gasteiger partial charge in [-0.15, -0.1) is 0 Å². The highest BCUT2D eigenvalue weighted by atomic mass is 35.5. The van der Waals surface area contributed by atoms with Crippen LogP contribution in [-0.4, -0.2) is 12.5 Å². The predicted octanol–water partition coefficient (Wildman–Crippen LogP) is 4.16. The first-order valence-corrected chi connectivity index (χ1v) is 7.49. The summed E-state index contributed by atoms with van der Waals surface area (Å²) in [6, 6.07) is 10.7. The average molecular weight is 329 g/mol. The van der Waals surface area contributed by atoms with Crippen LogP contribution in [0.15, 0.2) is 36.4 Å². The highest BCUT2D eigenvalue weighted by Gasteiger charge is 2.19. The lowest BCUT2D eigenvalue weighted by Gasteiger charge is -2.18. The quantitative estimate of drug-likeness (QED) is 0.625. The number of ether oxygens (including phenoxy) is 1. The summed E-state index contributed by atoms with van der Waals surface area (Å²) in [7, 11) is 0. The van der Waals surface area contributed by atoms with E-state index in [9.17, 15) is 10.1 Å². The fourth-order valence-electron chi connectivity index (χ4n) is 2.20. The maximum Gasteiger partial charge on any atom is 0.278 e. The summed E-state index contributed by atoms with van der Waals surface area (Å²) < 4.78 is 5.53. The van der Waals surface area contributed by atoms with E-state index in [-0.39, 0.29) is 6.61 Å². The minimum atomic E-state index is -0.421. The number of benzene rings is 2. The normalized spacial score (nSPS) is 10.0. The summed E-state index contributed by atoms with van der Waals surface area (Å²) in [6.45, 7) is 5.45. The summed E-state index contributed by atoms with van der Waals surface area (Å²) >= 11 is 5.89. The van der Waals surface area contributed by atoms with E-state index in [0.717, 1.165) is 21.6 Å². The number of amides is 1. The Balaban J connectivity index is 2.15. The molecule has 0 unspecified atom stereocenters. The molecule has 0 aromatic heterocycles. The van der Waals surface area contributed by atoms with Crippen molar-refractivity contribution in [1.82, 2.24) is 0 Å². The Labute approximate surface area is 140 Å². The summed E-state index contributed by atoms with van der Waals surface area (Å²) in [5.74, 6) is 0.150. The van der Waals surface area contributed by atoms with E-state index >= 15 is 0 Å². The van der Waals surface area contributed by atoms with Crippen molar-refractivity contribution in [2.75, 3.05) is 11.5 Å². The van der Waals surface area contributed by atoms with Crippen LogP contribution in [-0.2, 0) is 4.79 Å². The van der Waals surface area contributed by atoms with Gasteiger partial charge >= 0.3 is 0 Å². The van der Waals surface area contributed by atoms with Crippen LogP contribution < -0.4 is 9.64 Å². The zero-order valence-corrected chi connectivity index (χ0v) is 14.0. The smallest absolute Gasteiger partial charge is 0.278 e. The Morgan fingerprint density at radius 1 is 1.22 bits per heavy atom. The first kappa shape index (κ1) is 16.9. The third-order valence-corrected chi connectivity index (χ3v) is 3.89. The molecule has 0 aliphatic rings. The van der Waals surface area contributed by atoms with E-state index in [1.807, 2.05) is 39.1 Å². The second kappa shape index (κ2) is 7.17. The minimum absolute atomic E-state index is 0.219. The molecule has 0 bridgehead atoms. The Bertz CT molecular complexity index is 781. The molecule has 0 atom stereocenters. The van der Waals surface area contributed by atoms with Crippen LogP contribution in [0.2, 0.25) is 5.02 Å². The molecule has 5 heteroatoms. The van der Waals surface area contributed by atoms with Crippen molar-refractivity contribution < 1.29 is 9.53 Å². The maximum atomic E-state index is 12.3. The van der Waals surface area contributed by atoms with E-state index < -0.39 is 5.91 Å². The van der Waals surface area contributed by atoms with Crippen LogP contribution >= 0.6 is 11.6 Å². The third kappa shape index (κ3) is 3.82. The van der Waals surface area contributed by atoms with E-state index in [2.05, 4.69) is 0 Å². The first-order chi connectivity index (χ1) is 10.9. The van der Waals surface area contributed by atoms with Crippen molar-refractivity contribution in [2.24, 2.45) is 0 Å². The molecule has 2 aromatic carbocycles. The summed E-state index contributed by atoms with van der Waals surface area (Å²) in [4.78, 5) is 13.4. The number of halogens is 1. The number of carbonyl (C=O) groups excluding carboxylic acids is 1. The lowest BCUT2D eigenvalue weighted by atomic mass is 10.1. The molecule has 0 heterocycles.